The van der Waals surface area contributed by atoms with Crippen LogP contribution in [-0.4, -0.2) is 21.9 Å². The van der Waals surface area contributed by atoms with Crippen molar-refractivity contribution in [3.05, 3.63) is 17.5 Å². The van der Waals surface area contributed by atoms with Crippen LogP contribution in [0.2, 0.25) is 0 Å². The molecular formula is C12H23N3. The lowest BCUT2D eigenvalue weighted by Gasteiger charge is -2.20. The first-order valence-electron chi connectivity index (χ1n) is 5.69. The Bertz CT molecular complexity index is 307. The fourth-order valence-electron chi connectivity index (χ4n) is 1.54. The average molecular weight is 209 g/mol. The number of hydrogen-bond donors (Lipinski definition) is 1. The van der Waals surface area contributed by atoms with Gasteiger partial charge in [0, 0.05) is 31.2 Å². The lowest BCUT2D eigenvalue weighted by molar-refractivity contribution is 0.426. The second kappa shape index (κ2) is 4.79. The highest BCUT2D eigenvalue weighted by Gasteiger charge is 2.09. The minimum atomic E-state index is 0.201. The Balaban J connectivity index is 2.47. The molecule has 15 heavy (non-hydrogen) atoms. The van der Waals surface area contributed by atoms with E-state index >= 15 is 0 Å². The molecule has 0 bridgehead atoms. The van der Waals surface area contributed by atoms with Gasteiger partial charge in [-0.1, -0.05) is 6.92 Å². The lowest BCUT2D eigenvalue weighted by Crippen LogP contribution is -2.37. The molecule has 1 N–H and O–H groups in total. The molecule has 1 rings (SSSR count). The van der Waals surface area contributed by atoms with E-state index < -0.39 is 0 Å². The standard InChI is InChI=1S/C12H23N3/c1-6-10-9-11(15(5)14-10)7-8-13-12(2,3)4/h9,13H,6-8H2,1-5H3. The monoisotopic (exact) mass is 209 g/mol. The number of hydrogen-bond acceptors (Lipinski definition) is 2. The summed E-state index contributed by atoms with van der Waals surface area (Å²) in [6, 6.07) is 2.20. The van der Waals surface area contributed by atoms with E-state index in [1.54, 1.807) is 0 Å². The Hall–Kier alpha value is -0.830. The zero-order valence-electron chi connectivity index (χ0n) is 10.6. The quantitative estimate of drug-likeness (QED) is 0.821. The van der Waals surface area contributed by atoms with Crippen molar-refractivity contribution in [2.75, 3.05) is 6.54 Å². The molecule has 0 fully saturated rings. The number of nitrogens with zero attached hydrogens (tertiary/aromatic N) is 2. The summed E-state index contributed by atoms with van der Waals surface area (Å²) in [6.07, 6.45) is 2.06. The maximum Gasteiger partial charge on any atom is 0.0624 e. The third-order valence-electron chi connectivity index (χ3n) is 2.43. The van der Waals surface area contributed by atoms with E-state index in [1.165, 1.54) is 11.4 Å². The number of aromatic nitrogens is 2. The van der Waals surface area contributed by atoms with Crippen molar-refractivity contribution in [1.29, 1.82) is 0 Å². The van der Waals surface area contributed by atoms with Crippen molar-refractivity contribution >= 4 is 0 Å². The van der Waals surface area contributed by atoms with E-state index in [2.05, 4.69) is 44.2 Å². The van der Waals surface area contributed by atoms with Crippen molar-refractivity contribution in [2.24, 2.45) is 7.05 Å². The lowest BCUT2D eigenvalue weighted by atomic mass is 10.1. The van der Waals surface area contributed by atoms with E-state index in [4.69, 9.17) is 0 Å². The summed E-state index contributed by atoms with van der Waals surface area (Å²) >= 11 is 0. The summed E-state index contributed by atoms with van der Waals surface area (Å²) in [7, 11) is 2.02. The Morgan fingerprint density at radius 2 is 2.07 bits per heavy atom. The maximum atomic E-state index is 4.43. The predicted molar refractivity (Wildman–Crippen MR) is 64.0 cm³/mol. The maximum absolute atomic E-state index is 4.43. The highest BCUT2D eigenvalue weighted by molar-refractivity contribution is 5.10. The van der Waals surface area contributed by atoms with Crippen LogP contribution in [0.25, 0.3) is 0 Å². The van der Waals surface area contributed by atoms with Crippen molar-refractivity contribution < 1.29 is 0 Å². The van der Waals surface area contributed by atoms with Gasteiger partial charge in [0.15, 0.2) is 0 Å². The SMILES string of the molecule is CCc1cc(CCNC(C)(C)C)n(C)n1. The molecule has 0 aliphatic rings. The van der Waals surface area contributed by atoms with Gasteiger partial charge >= 0.3 is 0 Å². The van der Waals surface area contributed by atoms with Crippen LogP contribution >= 0.6 is 0 Å². The Kier molecular flexibility index (Phi) is 3.91. The van der Waals surface area contributed by atoms with E-state index in [-0.39, 0.29) is 5.54 Å². The van der Waals surface area contributed by atoms with Crippen LogP contribution in [0, 0.1) is 0 Å². The Labute approximate surface area is 92.9 Å². The molecule has 0 atom stereocenters. The first-order valence-corrected chi connectivity index (χ1v) is 5.69. The number of rotatable bonds is 4. The van der Waals surface area contributed by atoms with Gasteiger partial charge < -0.3 is 5.32 Å². The number of nitrogens with one attached hydrogen (secondary N) is 1. The van der Waals surface area contributed by atoms with Crippen LogP contribution < -0.4 is 5.32 Å². The molecule has 0 aliphatic carbocycles. The molecule has 86 valence electrons. The van der Waals surface area contributed by atoms with Gasteiger partial charge in [-0.15, -0.1) is 0 Å². The summed E-state index contributed by atoms with van der Waals surface area (Å²) in [4.78, 5) is 0. The summed E-state index contributed by atoms with van der Waals surface area (Å²) in [5.74, 6) is 0. The van der Waals surface area contributed by atoms with Gasteiger partial charge in [-0.25, -0.2) is 0 Å². The largest absolute Gasteiger partial charge is 0.312 e. The van der Waals surface area contributed by atoms with Gasteiger partial charge in [-0.3, -0.25) is 4.68 Å². The van der Waals surface area contributed by atoms with E-state index in [1.807, 2.05) is 11.7 Å². The highest BCUT2D eigenvalue weighted by atomic mass is 15.3. The normalized spacial score (nSPS) is 12.1. The molecule has 0 saturated heterocycles. The second-order valence-electron chi connectivity index (χ2n) is 5.03. The molecule has 3 nitrogen and oxygen atoms in total. The molecule has 0 radical (unpaired) electrons. The summed E-state index contributed by atoms with van der Waals surface area (Å²) in [6.45, 7) is 9.71. The zero-order chi connectivity index (χ0) is 11.5. The second-order valence-corrected chi connectivity index (χ2v) is 5.03. The van der Waals surface area contributed by atoms with Gasteiger partial charge in [0.05, 0.1) is 5.69 Å². The van der Waals surface area contributed by atoms with E-state index in [0.29, 0.717) is 0 Å². The predicted octanol–water partition coefficient (Wildman–Crippen LogP) is 1.91. The third kappa shape index (κ3) is 4.04. The molecule has 1 heterocycles. The fraction of sp³-hybridized carbons (Fsp3) is 0.750. The van der Waals surface area contributed by atoms with Crippen LogP contribution in [0.15, 0.2) is 6.07 Å². The Morgan fingerprint density at radius 1 is 1.40 bits per heavy atom. The van der Waals surface area contributed by atoms with Crippen LogP contribution in [-0.2, 0) is 19.9 Å². The van der Waals surface area contributed by atoms with Crippen LogP contribution in [0.4, 0.5) is 0 Å². The summed E-state index contributed by atoms with van der Waals surface area (Å²) in [5, 5.41) is 7.92. The molecule has 0 saturated carbocycles. The van der Waals surface area contributed by atoms with Gasteiger partial charge in [0.25, 0.3) is 0 Å². The fourth-order valence-corrected chi connectivity index (χ4v) is 1.54. The summed E-state index contributed by atoms with van der Waals surface area (Å²) < 4.78 is 1.99. The van der Waals surface area contributed by atoms with Gasteiger partial charge in [0.1, 0.15) is 0 Å². The van der Waals surface area contributed by atoms with E-state index in [0.717, 1.165) is 19.4 Å². The molecule has 0 spiro atoms. The minimum Gasteiger partial charge on any atom is -0.312 e. The first kappa shape index (κ1) is 12.2. The van der Waals surface area contributed by atoms with Gasteiger partial charge in [0.2, 0.25) is 0 Å². The van der Waals surface area contributed by atoms with Crippen LogP contribution in [0.5, 0.6) is 0 Å². The van der Waals surface area contributed by atoms with Crippen molar-refractivity contribution in [3.63, 3.8) is 0 Å². The van der Waals surface area contributed by atoms with Crippen molar-refractivity contribution in [2.45, 2.75) is 46.1 Å². The molecule has 1 aromatic rings. The number of aryl methyl sites for hydroxylation is 2. The zero-order valence-corrected chi connectivity index (χ0v) is 10.6. The molecule has 1 aromatic heterocycles. The highest BCUT2D eigenvalue weighted by Crippen LogP contribution is 2.05. The Morgan fingerprint density at radius 3 is 2.53 bits per heavy atom. The van der Waals surface area contributed by atoms with Gasteiger partial charge in [-0.2, -0.15) is 5.10 Å². The minimum absolute atomic E-state index is 0.201. The molecule has 0 unspecified atom stereocenters. The van der Waals surface area contributed by atoms with Crippen molar-refractivity contribution in [1.82, 2.24) is 15.1 Å². The topological polar surface area (TPSA) is 29.9 Å². The molecule has 0 aromatic carbocycles. The van der Waals surface area contributed by atoms with Crippen LogP contribution in [0.3, 0.4) is 0 Å². The molecule has 0 amide bonds. The van der Waals surface area contributed by atoms with Crippen LogP contribution in [0.1, 0.15) is 39.1 Å². The molecule has 3 heteroatoms. The molecule has 0 aliphatic heterocycles. The smallest absolute Gasteiger partial charge is 0.0624 e. The first-order chi connectivity index (χ1) is 6.92. The molecular weight excluding hydrogens is 186 g/mol. The summed E-state index contributed by atoms with van der Waals surface area (Å²) in [5.41, 5.74) is 2.69. The van der Waals surface area contributed by atoms with Gasteiger partial charge in [-0.05, 0) is 33.3 Å². The van der Waals surface area contributed by atoms with Crippen molar-refractivity contribution in [3.8, 4) is 0 Å². The van der Waals surface area contributed by atoms with E-state index in [9.17, 15) is 0 Å². The third-order valence-corrected chi connectivity index (χ3v) is 2.43. The average Bonchev–Trinajstić information content (AvgIpc) is 2.45.